The summed E-state index contributed by atoms with van der Waals surface area (Å²) in [6, 6.07) is 5.98. The van der Waals surface area contributed by atoms with E-state index in [4.69, 9.17) is 0 Å². The lowest BCUT2D eigenvalue weighted by molar-refractivity contribution is -0.111. The van der Waals surface area contributed by atoms with Crippen molar-refractivity contribution in [1.29, 1.82) is 0 Å². The number of halogens is 1. The highest BCUT2D eigenvalue weighted by Crippen LogP contribution is 2.09. The zero-order valence-electron chi connectivity index (χ0n) is 8.63. The van der Waals surface area contributed by atoms with Gasteiger partial charge in [-0.1, -0.05) is 23.5 Å². The molecular weight excluding hydrogens is 241 g/mol. The van der Waals surface area contributed by atoms with Crippen LogP contribution in [0.25, 0.3) is 6.08 Å². The van der Waals surface area contributed by atoms with Crippen molar-refractivity contribution in [3.8, 4) is 0 Å². The Morgan fingerprint density at radius 2 is 2.35 bits per heavy atom. The lowest BCUT2D eigenvalue weighted by Crippen LogP contribution is -2.07. The molecule has 0 spiro atoms. The molecule has 6 heteroatoms. The largest absolute Gasteiger partial charge is 0.297 e. The third-order valence-electron chi connectivity index (χ3n) is 1.87. The Bertz CT molecular complexity index is 539. The van der Waals surface area contributed by atoms with E-state index in [9.17, 15) is 9.18 Å². The zero-order valence-corrected chi connectivity index (χ0v) is 9.45. The summed E-state index contributed by atoms with van der Waals surface area (Å²) in [4.78, 5) is 11.4. The number of aromatic nitrogens is 2. The number of nitrogens with zero attached hydrogens (tertiary/aromatic N) is 2. The summed E-state index contributed by atoms with van der Waals surface area (Å²) >= 11 is 1.23. The van der Waals surface area contributed by atoms with Crippen molar-refractivity contribution in [2.45, 2.75) is 0 Å². The minimum absolute atomic E-state index is 0.328. The molecule has 1 aromatic heterocycles. The molecule has 0 aliphatic rings. The molecule has 17 heavy (non-hydrogen) atoms. The second-order valence-corrected chi connectivity index (χ2v) is 3.95. The SMILES string of the molecule is O=C(/C=C/c1cccc(F)c1)Nc1nncs1. The van der Waals surface area contributed by atoms with Crippen molar-refractivity contribution in [2.24, 2.45) is 0 Å². The van der Waals surface area contributed by atoms with Crippen molar-refractivity contribution in [2.75, 3.05) is 5.32 Å². The van der Waals surface area contributed by atoms with Gasteiger partial charge in [0.1, 0.15) is 11.3 Å². The maximum absolute atomic E-state index is 12.8. The smallest absolute Gasteiger partial charge is 0.250 e. The van der Waals surface area contributed by atoms with E-state index >= 15 is 0 Å². The van der Waals surface area contributed by atoms with Crippen molar-refractivity contribution in [1.82, 2.24) is 10.2 Å². The molecular formula is C11H8FN3OS. The van der Waals surface area contributed by atoms with Gasteiger partial charge in [-0.3, -0.25) is 10.1 Å². The zero-order chi connectivity index (χ0) is 12.1. The minimum Gasteiger partial charge on any atom is -0.297 e. The fourth-order valence-electron chi connectivity index (χ4n) is 1.16. The number of anilines is 1. The molecule has 0 radical (unpaired) electrons. The van der Waals surface area contributed by atoms with E-state index in [1.807, 2.05) is 0 Å². The number of rotatable bonds is 3. The quantitative estimate of drug-likeness (QED) is 0.849. The average molecular weight is 249 g/mol. The van der Waals surface area contributed by atoms with Crippen LogP contribution in [0.15, 0.2) is 35.9 Å². The van der Waals surface area contributed by atoms with Crippen LogP contribution in [0.1, 0.15) is 5.56 Å². The standard InChI is InChI=1S/C11H8FN3OS/c12-9-3-1-2-8(6-9)4-5-10(16)14-11-15-13-7-17-11/h1-7H,(H,14,15,16)/b5-4+. The number of benzene rings is 1. The first kappa shape index (κ1) is 11.4. The molecule has 2 aromatic rings. The van der Waals surface area contributed by atoms with E-state index < -0.39 is 0 Å². The first-order valence-electron chi connectivity index (χ1n) is 4.75. The lowest BCUT2D eigenvalue weighted by atomic mass is 10.2. The fraction of sp³-hybridized carbons (Fsp3) is 0. The number of nitrogens with one attached hydrogen (secondary N) is 1. The average Bonchev–Trinajstić information content (AvgIpc) is 2.79. The van der Waals surface area contributed by atoms with E-state index in [-0.39, 0.29) is 11.7 Å². The van der Waals surface area contributed by atoms with Crippen molar-refractivity contribution in [3.05, 3.63) is 47.2 Å². The Kier molecular flexibility index (Phi) is 3.56. The van der Waals surface area contributed by atoms with Gasteiger partial charge in [0.2, 0.25) is 11.0 Å². The molecule has 0 aliphatic carbocycles. The summed E-state index contributed by atoms with van der Waals surface area (Å²) in [7, 11) is 0. The summed E-state index contributed by atoms with van der Waals surface area (Å²) in [5.74, 6) is -0.664. The highest BCUT2D eigenvalue weighted by Gasteiger charge is 2.00. The summed E-state index contributed by atoms with van der Waals surface area (Å²) in [5, 5.41) is 10.2. The van der Waals surface area contributed by atoms with Gasteiger partial charge < -0.3 is 0 Å². The van der Waals surface area contributed by atoms with E-state index in [0.29, 0.717) is 10.7 Å². The molecule has 1 aromatic carbocycles. The van der Waals surface area contributed by atoms with Crippen LogP contribution >= 0.6 is 11.3 Å². The normalized spacial score (nSPS) is 10.6. The Balaban J connectivity index is 1.99. The molecule has 1 amide bonds. The van der Waals surface area contributed by atoms with Crippen LogP contribution in [-0.2, 0) is 4.79 Å². The molecule has 0 saturated heterocycles. The molecule has 0 aliphatic heterocycles. The molecule has 1 heterocycles. The van der Waals surface area contributed by atoms with Gasteiger partial charge in [-0.05, 0) is 23.8 Å². The fourth-order valence-corrected chi connectivity index (χ4v) is 1.60. The predicted octanol–water partition coefficient (Wildman–Crippen LogP) is 2.33. The number of carbonyl (C=O) groups is 1. The first-order chi connectivity index (χ1) is 8.24. The van der Waals surface area contributed by atoms with E-state index in [1.54, 1.807) is 12.1 Å². The van der Waals surface area contributed by atoms with Gasteiger partial charge in [-0.2, -0.15) is 0 Å². The lowest BCUT2D eigenvalue weighted by Gasteiger charge is -1.95. The Morgan fingerprint density at radius 1 is 1.47 bits per heavy atom. The Hall–Kier alpha value is -2.08. The van der Waals surface area contributed by atoms with Crippen LogP contribution in [0.3, 0.4) is 0 Å². The molecule has 0 atom stereocenters. The van der Waals surface area contributed by atoms with E-state index in [2.05, 4.69) is 15.5 Å². The minimum atomic E-state index is -0.336. The molecule has 2 rings (SSSR count). The van der Waals surface area contributed by atoms with Gasteiger partial charge in [0, 0.05) is 6.08 Å². The highest BCUT2D eigenvalue weighted by atomic mass is 32.1. The molecule has 0 saturated carbocycles. The maximum Gasteiger partial charge on any atom is 0.250 e. The molecule has 0 bridgehead atoms. The summed E-state index contributed by atoms with van der Waals surface area (Å²) in [5.41, 5.74) is 2.14. The van der Waals surface area contributed by atoms with Gasteiger partial charge in [-0.15, -0.1) is 10.2 Å². The Labute approximate surface area is 101 Å². The number of hydrogen-bond donors (Lipinski definition) is 1. The Morgan fingerprint density at radius 3 is 3.06 bits per heavy atom. The van der Waals surface area contributed by atoms with Gasteiger partial charge >= 0.3 is 0 Å². The van der Waals surface area contributed by atoms with E-state index in [0.717, 1.165) is 0 Å². The second-order valence-electron chi connectivity index (χ2n) is 3.12. The van der Waals surface area contributed by atoms with Crippen LogP contribution in [-0.4, -0.2) is 16.1 Å². The van der Waals surface area contributed by atoms with E-state index in [1.165, 1.54) is 41.1 Å². The van der Waals surface area contributed by atoms with Gasteiger partial charge in [0.25, 0.3) is 0 Å². The van der Waals surface area contributed by atoms with Crippen molar-refractivity contribution < 1.29 is 9.18 Å². The van der Waals surface area contributed by atoms with Crippen LogP contribution in [0.4, 0.5) is 9.52 Å². The second kappa shape index (κ2) is 5.31. The predicted molar refractivity (Wildman–Crippen MR) is 64.0 cm³/mol. The molecule has 1 N–H and O–H groups in total. The van der Waals surface area contributed by atoms with Gasteiger partial charge in [-0.25, -0.2) is 4.39 Å². The van der Waals surface area contributed by atoms with Crippen LogP contribution in [0.2, 0.25) is 0 Å². The van der Waals surface area contributed by atoms with Gasteiger partial charge in [0.05, 0.1) is 0 Å². The number of amides is 1. The first-order valence-corrected chi connectivity index (χ1v) is 5.63. The van der Waals surface area contributed by atoms with Crippen LogP contribution in [0.5, 0.6) is 0 Å². The summed E-state index contributed by atoms with van der Waals surface area (Å²) < 4.78 is 12.8. The molecule has 4 nitrogen and oxygen atoms in total. The topological polar surface area (TPSA) is 54.9 Å². The number of carbonyl (C=O) groups excluding carboxylic acids is 1. The van der Waals surface area contributed by atoms with Crippen molar-refractivity contribution in [3.63, 3.8) is 0 Å². The maximum atomic E-state index is 12.8. The molecule has 0 fully saturated rings. The van der Waals surface area contributed by atoms with Crippen LogP contribution < -0.4 is 5.32 Å². The van der Waals surface area contributed by atoms with Crippen molar-refractivity contribution >= 4 is 28.5 Å². The summed E-state index contributed by atoms with van der Waals surface area (Å²) in [6.45, 7) is 0. The van der Waals surface area contributed by atoms with Crippen LogP contribution in [0, 0.1) is 5.82 Å². The molecule has 0 unspecified atom stereocenters. The highest BCUT2D eigenvalue weighted by molar-refractivity contribution is 7.13. The van der Waals surface area contributed by atoms with Gasteiger partial charge in [0.15, 0.2) is 0 Å². The third-order valence-corrected chi connectivity index (χ3v) is 2.47. The summed E-state index contributed by atoms with van der Waals surface area (Å²) in [6.07, 6.45) is 2.84. The third kappa shape index (κ3) is 3.46. The number of hydrogen-bond acceptors (Lipinski definition) is 4. The molecule has 86 valence electrons. The monoisotopic (exact) mass is 249 g/mol.